The lowest BCUT2D eigenvalue weighted by Gasteiger charge is -2.17. The van der Waals surface area contributed by atoms with Crippen molar-refractivity contribution in [3.05, 3.63) is 65.5 Å². The highest BCUT2D eigenvalue weighted by Crippen LogP contribution is 2.22. The van der Waals surface area contributed by atoms with Crippen molar-refractivity contribution in [1.82, 2.24) is 5.43 Å². The highest BCUT2D eigenvalue weighted by Gasteiger charge is 2.11. The van der Waals surface area contributed by atoms with Crippen molar-refractivity contribution in [3.63, 3.8) is 0 Å². The van der Waals surface area contributed by atoms with Gasteiger partial charge >= 0.3 is 0 Å². The molecule has 2 aromatic rings. The fourth-order valence-electron chi connectivity index (χ4n) is 2.03. The van der Waals surface area contributed by atoms with Crippen LogP contribution in [0.3, 0.4) is 0 Å². The SMILES string of the molecule is COc1cccc(C(Cc2cccc(F)c2)NN)c1. The van der Waals surface area contributed by atoms with Crippen LogP contribution in [0.5, 0.6) is 5.75 Å². The van der Waals surface area contributed by atoms with Crippen LogP contribution in [0.15, 0.2) is 48.5 Å². The molecule has 0 amide bonds. The van der Waals surface area contributed by atoms with Crippen molar-refractivity contribution in [2.24, 2.45) is 5.84 Å². The van der Waals surface area contributed by atoms with Gasteiger partial charge in [0.2, 0.25) is 0 Å². The summed E-state index contributed by atoms with van der Waals surface area (Å²) in [7, 11) is 1.62. The second kappa shape index (κ2) is 6.31. The summed E-state index contributed by atoms with van der Waals surface area (Å²) in [6.45, 7) is 0. The van der Waals surface area contributed by atoms with Crippen LogP contribution in [0.2, 0.25) is 0 Å². The zero-order chi connectivity index (χ0) is 13.7. The summed E-state index contributed by atoms with van der Waals surface area (Å²) in [6.07, 6.45) is 0.613. The third kappa shape index (κ3) is 3.53. The summed E-state index contributed by atoms with van der Waals surface area (Å²) >= 11 is 0. The highest BCUT2D eigenvalue weighted by atomic mass is 19.1. The van der Waals surface area contributed by atoms with Gasteiger partial charge in [-0.1, -0.05) is 24.3 Å². The summed E-state index contributed by atoms with van der Waals surface area (Å²) < 4.78 is 18.4. The van der Waals surface area contributed by atoms with Gasteiger partial charge in [-0.15, -0.1) is 0 Å². The van der Waals surface area contributed by atoms with Gasteiger partial charge in [-0.05, 0) is 41.8 Å². The Kier molecular flexibility index (Phi) is 4.49. The molecule has 0 saturated carbocycles. The molecule has 0 aliphatic rings. The predicted molar refractivity (Wildman–Crippen MR) is 73.2 cm³/mol. The Morgan fingerprint density at radius 2 is 2.00 bits per heavy atom. The van der Waals surface area contributed by atoms with Crippen molar-refractivity contribution in [2.45, 2.75) is 12.5 Å². The van der Waals surface area contributed by atoms with Gasteiger partial charge in [0.1, 0.15) is 11.6 Å². The zero-order valence-corrected chi connectivity index (χ0v) is 10.8. The van der Waals surface area contributed by atoms with Gasteiger partial charge in [0.25, 0.3) is 0 Å². The first-order chi connectivity index (χ1) is 9.22. The van der Waals surface area contributed by atoms with E-state index in [2.05, 4.69) is 5.43 Å². The largest absolute Gasteiger partial charge is 0.497 e. The van der Waals surface area contributed by atoms with Crippen LogP contribution in [0.4, 0.5) is 4.39 Å². The van der Waals surface area contributed by atoms with Crippen molar-refractivity contribution in [2.75, 3.05) is 7.11 Å². The minimum absolute atomic E-state index is 0.0862. The molecule has 0 bridgehead atoms. The van der Waals surface area contributed by atoms with E-state index in [-0.39, 0.29) is 11.9 Å². The number of benzene rings is 2. The number of rotatable bonds is 5. The number of hydrogen-bond acceptors (Lipinski definition) is 3. The van der Waals surface area contributed by atoms with Gasteiger partial charge in [0.15, 0.2) is 0 Å². The fourth-order valence-corrected chi connectivity index (χ4v) is 2.03. The first kappa shape index (κ1) is 13.5. The third-order valence-corrected chi connectivity index (χ3v) is 3.03. The van der Waals surface area contributed by atoms with Crippen LogP contribution in [-0.4, -0.2) is 7.11 Å². The smallest absolute Gasteiger partial charge is 0.123 e. The van der Waals surface area contributed by atoms with Crippen LogP contribution < -0.4 is 16.0 Å². The van der Waals surface area contributed by atoms with Crippen molar-refractivity contribution in [1.29, 1.82) is 0 Å². The van der Waals surface area contributed by atoms with E-state index < -0.39 is 0 Å². The van der Waals surface area contributed by atoms with Crippen molar-refractivity contribution < 1.29 is 9.13 Å². The molecule has 0 spiro atoms. The lowest BCUT2D eigenvalue weighted by Crippen LogP contribution is -2.29. The summed E-state index contributed by atoms with van der Waals surface area (Å²) in [5.41, 5.74) is 4.66. The molecule has 0 fully saturated rings. The lowest BCUT2D eigenvalue weighted by molar-refractivity contribution is 0.413. The number of halogens is 1. The summed E-state index contributed by atoms with van der Waals surface area (Å²) in [4.78, 5) is 0. The van der Waals surface area contributed by atoms with Gasteiger partial charge < -0.3 is 4.74 Å². The molecule has 0 aliphatic heterocycles. The molecule has 0 aliphatic carbocycles. The second-order valence-corrected chi connectivity index (χ2v) is 4.33. The minimum atomic E-state index is -0.237. The first-order valence-corrected chi connectivity index (χ1v) is 6.07. The van der Waals surface area contributed by atoms with E-state index in [4.69, 9.17) is 10.6 Å². The molecule has 3 N–H and O–H groups in total. The molecular formula is C15H17FN2O. The molecule has 1 atom stereocenters. The summed E-state index contributed by atoms with van der Waals surface area (Å²) in [5, 5.41) is 0. The van der Waals surface area contributed by atoms with E-state index >= 15 is 0 Å². The number of hydrazine groups is 1. The molecule has 0 saturated heterocycles. The maximum atomic E-state index is 13.2. The highest BCUT2D eigenvalue weighted by molar-refractivity contribution is 5.31. The van der Waals surface area contributed by atoms with Crippen LogP contribution in [0.25, 0.3) is 0 Å². The van der Waals surface area contributed by atoms with Gasteiger partial charge in [-0.3, -0.25) is 11.3 Å². The van der Waals surface area contributed by atoms with Crippen molar-refractivity contribution >= 4 is 0 Å². The van der Waals surface area contributed by atoms with Crippen LogP contribution >= 0.6 is 0 Å². The average molecular weight is 260 g/mol. The number of nitrogens with one attached hydrogen (secondary N) is 1. The molecular weight excluding hydrogens is 243 g/mol. The van der Waals surface area contributed by atoms with E-state index in [1.807, 2.05) is 30.3 Å². The molecule has 0 aromatic heterocycles. The summed E-state index contributed by atoms with van der Waals surface area (Å²) in [5.74, 6) is 6.14. The Balaban J connectivity index is 2.19. The Hall–Kier alpha value is -1.91. The Morgan fingerprint density at radius 3 is 2.68 bits per heavy atom. The monoisotopic (exact) mass is 260 g/mol. The molecule has 2 rings (SSSR count). The Bertz CT molecular complexity index is 545. The van der Waals surface area contributed by atoms with E-state index in [9.17, 15) is 4.39 Å². The van der Waals surface area contributed by atoms with E-state index in [0.717, 1.165) is 16.9 Å². The van der Waals surface area contributed by atoms with Gasteiger partial charge in [-0.2, -0.15) is 0 Å². The minimum Gasteiger partial charge on any atom is -0.497 e. The molecule has 0 heterocycles. The molecule has 1 unspecified atom stereocenters. The predicted octanol–water partition coefficient (Wildman–Crippen LogP) is 2.58. The van der Waals surface area contributed by atoms with Crippen LogP contribution in [-0.2, 0) is 6.42 Å². The Labute approximate surface area is 112 Å². The molecule has 0 radical (unpaired) electrons. The first-order valence-electron chi connectivity index (χ1n) is 6.07. The second-order valence-electron chi connectivity index (χ2n) is 4.33. The topological polar surface area (TPSA) is 47.3 Å². The van der Waals surface area contributed by atoms with Crippen LogP contribution in [0, 0.1) is 5.82 Å². The van der Waals surface area contributed by atoms with E-state index in [0.29, 0.717) is 6.42 Å². The molecule has 19 heavy (non-hydrogen) atoms. The average Bonchev–Trinajstić information content (AvgIpc) is 2.45. The molecule has 2 aromatic carbocycles. The number of hydrogen-bond donors (Lipinski definition) is 2. The molecule has 100 valence electrons. The van der Waals surface area contributed by atoms with E-state index in [1.54, 1.807) is 13.2 Å². The molecule has 4 heteroatoms. The Morgan fingerprint density at radius 1 is 1.21 bits per heavy atom. The normalized spacial score (nSPS) is 12.2. The lowest BCUT2D eigenvalue weighted by atomic mass is 9.99. The standard InChI is InChI=1S/C15H17FN2O/c1-19-14-7-3-5-12(10-14)15(18-17)9-11-4-2-6-13(16)8-11/h2-8,10,15,18H,9,17H2,1H3. The quantitative estimate of drug-likeness (QED) is 0.641. The third-order valence-electron chi connectivity index (χ3n) is 3.03. The number of ether oxygens (including phenoxy) is 1. The van der Waals surface area contributed by atoms with Crippen LogP contribution in [0.1, 0.15) is 17.2 Å². The van der Waals surface area contributed by atoms with Gasteiger partial charge in [0, 0.05) is 0 Å². The zero-order valence-electron chi connectivity index (χ0n) is 10.8. The fraction of sp³-hybridized carbons (Fsp3) is 0.200. The maximum Gasteiger partial charge on any atom is 0.123 e. The van der Waals surface area contributed by atoms with E-state index in [1.165, 1.54) is 12.1 Å². The molecule has 3 nitrogen and oxygen atoms in total. The summed E-state index contributed by atoms with van der Waals surface area (Å²) in [6, 6.07) is 14.1. The van der Waals surface area contributed by atoms with Gasteiger partial charge in [-0.25, -0.2) is 4.39 Å². The maximum absolute atomic E-state index is 13.2. The number of methoxy groups -OCH3 is 1. The van der Waals surface area contributed by atoms with Gasteiger partial charge in [0.05, 0.1) is 13.2 Å². The van der Waals surface area contributed by atoms with Crippen molar-refractivity contribution in [3.8, 4) is 5.75 Å². The number of nitrogens with two attached hydrogens (primary N) is 1.